The average Bonchev–Trinajstić information content (AvgIpc) is 3.01. The van der Waals surface area contributed by atoms with E-state index in [1.54, 1.807) is 0 Å². The molecule has 2 heterocycles. The maximum absolute atomic E-state index is 15.4. The first-order valence-corrected chi connectivity index (χ1v) is 15.5. The predicted octanol–water partition coefficient (Wildman–Crippen LogP) is 8.57. The molecular formula is C37H28NOP. The predicted molar refractivity (Wildman–Crippen MR) is 169 cm³/mol. The third-order valence-corrected chi connectivity index (χ3v) is 12.0. The van der Waals surface area contributed by atoms with Gasteiger partial charge in [0, 0.05) is 38.0 Å². The van der Waals surface area contributed by atoms with Gasteiger partial charge in [-0.25, -0.2) is 0 Å². The Morgan fingerprint density at radius 2 is 1.23 bits per heavy atom. The summed E-state index contributed by atoms with van der Waals surface area (Å²) in [5.74, 6) is 0. The molecule has 0 spiro atoms. The molecule has 0 bridgehead atoms. The van der Waals surface area contributed by atoms with Gasteiger partial charge < -0.3 is 9.46 Å². The molecular weight excluding hydrogens is 505 g/mol. The Morgan fingerprint density at radius 3 is 2.08 bits per heavy atom. The van der Waals surface area contributed by atoms with Gasteiger partial charge in [-0.1, -0.05) is 117 Å². The van der Waals surface area contributed by atoms with Crippen molar-refractivity contribution in [2.75, 3.05) is 4.90 Å². The Kier molecular flexibility index (Phi) is 4.88. The maximum atomic E-state index is 15.4. The summed E-state index contributed by atoms with van der Waals surface area (Å²) < 4.78 is 15.4. The average molecular weight is 534 g/mol. The summed E-state index contributed by atoms with van der Waals surface area (Å²) >= 11 is 0. The lowest BCUT2D eigenvalue weighted by molar-refractivity contribution is 0.586. The first-order valence-electron chi connectivity index (χ1n) is 13.8. The molecule has 1 unspecified atom stereocenters. The topological polar surface area (TPSA) is 20.3 Å². The maximum Gasteiger partial charge on any atom is 0.171 e. The highest BCUT2D eigenvalue weighted by Gasteiger charge is 2.45. The SMILES string of the molecule is CC1(C)c2ccccc2P(=O)(c2ccccc2)c2ccc(N3c4ccccc4-c4cccc5cccc3c45)cc21. The summed E-state index contributed by atoms with van der Waals surface area (Å²) in [6.07, 6.45) is 0. The Balaban J connectivity index is 1.43. The highest BCUT2D eigenvalue weighted by atomic mass is 31.2. The van der Waals surface area contributed by atoms with E-state index in [0.29, 0.717) is 0 Å². The first kappa shape index (κ1) is 23.5. The highest BCUT2D eigenvalue weighted by Crippen LogP contribution is 2.55. The number of hydrogen-bond donors (Lipinski definition) is 0. The van der Waals surface area contributed by atoms with Crippen LogP contribution in [0.2, 0.25) is 0 Å². The van der Waals surface area contributed by atoms with Crippen LogP contribution in [0.25, 0.3) is 21.9 Å². The van der Waals surface area contributed by atoms with Gasteiger partial charge in [0.1, 0.15) is 0 Å². The molecule has 6 aromatic rings. The van der Waals surface area contributed by atoms with E-state index in [9.17, 15) is 0 Å². The smallest absolute Gasteiger partial charge is 0.171 e. The van der Waals surface area contributed by atoms with Crippen LogP contribution in [0, 0.1) is 0 Å². The molecule has 192 valence electrons. The van der Waals surface area contributed by atoms with Crippen LogP contribution in [0.5, 0.6) is 0 Å². The van der Waals surface area contributed by atoms with Crippen LogP contribution in [0.1, 0.15) is 25.0 Å². The lowest BCUT2D eigenvalue weighted by atomic mass is 9.77. The van der Waals surface area contributed by atoms with E-state index in [1.165, 1.54) is 27.6 Å². The second-order valence-corrected chi connectivity index (χ2v) is 14.0. The largest absolute Gasteiger partial charge is 0.309 e. The molecule has 0 amide bonds. The highest BCUT2D eigenvalue weighted by molar-refractivity contribution is 7.85. The lowest BCUT2D eigenvalue weighted by Gasteiger charge is -2.41. The van der Waals surface area contributed by atoms with Crippen molar-refractivity contribution in [2.24, 2.45) is 0 Å². The molecule has 0 aromatic heterocycles. The molecule has 0 saturated carbocycles. The van der Waals surface area contributed by atoms with Crippen LogP contribution in [-0.4, -0.2) is 0 Å². The molecule has 0 saturated heterocycles. The number of hydrogen-bond acceptors (Lipinski definition) is 2. The number of para-hydroxylation sites is 1. The van der Waals surface area contributed by atoms with Crippen LogP contribution in [0.4, 0.5) is 17.1 Å². The van der Waals surface area contributed by atoms with Gasteiger partial charge in [0.05, 0.1) is 11.4 Å². The van der Waals surface area contributed by atoms with Crippen LogP contribution in [0.3, 0.4) is 0 Å². The summed E-state index contributed by atoms with van der Waals surface area (Å²) in [6, 6.07) is 46.7. The summed E-state index contributed by atoms with van der Waals surface area (Å²) in [5, 5.41) is 5.27. The zero-order valence-electron chi connectivity index (χ0n) is 22.5. The Morgan fingerprint density at radius 1 is 0.575 bits per heavy atom. The summed E-state index contributed by atoms with van der Waals surface area (Å²) in [6.45, 7) is 4.53. The van der Waals surface area contributed by atoms with Gasteiger partial charge in [0.2, 0.25) is 0 Å². The van der Waals surface area contributed by atoms with Gasteiger partial charge in [0.15, 0.2) is 7.14 Å². The van der Waals surface area contributed by atoms with E-state index >= 15 is 4.57 Å². The van der Waals surface area contributed by atoms with E-state index in [2.05, 4.69) is 116 Å². The van der Waals surface area contributed by atoms with Crippen molar-refractivity contribution < 1.29 is 4.57 Å². The molecule has 8 rings (SSSR count). The Labute approximate surface area is 234 Å². The van der Waals surface area contributed by atoms with Gasteiger partial charge in [-0.15, -0.1) is 0 Å². The van der Waals surface area contributed by atoms with Crippen molar-refractivity contribution in [1.82, 2.24) is 0 Å². The van der Waals surface area contributed by atoms with E-state index in [-0.39, 0.29) is 5.41 Å². The van der Waals surface area contributed by atoms with E-state index in [0.717, 1.165) is 38.4 Å². The van der Waals surface area contributed by atoms with Crippen molar-refractivity contribution in [3.05, 3.63) is 145 Å². The number of nitrogens with zero attached hydrogens (tertiary/aromatic N) is 1. The quantitative estimate of drug-likeness (QED) is 0.208. The zero-order valence-corrected chi connectivity index (χ0v) is 23.4. The van der Waals surface area contributed by atoms with Crippen molar-refractivity contribution >= 4 is 50.9 Å². The Bertz CT molecular complexity index is 2020. The van der Waals surface area contributed by atoms with Crippen LogP contribution in [0.15, 0.2) is 133 Å². The molecule has 2 nitrogen and oxygen atoms in total. The second kappa shape index (κ2) is 8.31. The normalized spacial score (nSPS) is 18.1. The van der Waals surface area contributed by atoms with Crippen LogP contribution < -0.4 is 20.8 Å². The monoisotopic (exact) mass is 533 g/mol. The van der Waals surface area contributed by atoms with Crippen molar-refractivity contribution in [3.8, 4) is 11.1 Å². The van der Waals surface area contributed by atoms with Crippen LogP contribution in [-0.2, 0) is 9.98 Å². The van der Waals surface area contributed by atoms with E-state index < -0.39 is 7.14 Å². The third-order valence-electron chi connectivity index (χ3n) is 8.85. The fraction of sp³-hybridized carbons (Fsp3) is 0.0811. The fourth-order valence-corrected chi connectivity index (χ4v) is 10.3. The minimum atomic E-state index is -3.07. The van der Waals surface area contributed by atoms with Gasteiger partial charge in [-0.2, -0.15) is 0 Å². The zero-order chi connectivity index (χ0) is 27.1. The second-order valence-electron chi connectivity index (χ2n) is 11.3. The number of anilines is 3. The number of benzene rings is 6. The molecule has 0 N–H and O–H groups in total. The summed E-state index contributed by atoms with van der Waals surface area (Å²) in [5.41, 5.74) is 7.85. The van der Waals surface area contributed by atoms with Gasteiger partial charge in [-0.05, 0) is 52.4 Å². The fourth-order valence-electron chi connectivity index (χ4n) is 6.94. The van der Waals surface area contributed by atoms with Gasteiger partial charge >= 0.3 is 0 Å². The van der Waals surface area contributed by atoms with E-state index in [1.807, 2.05) is 36.4 Å². The van der Waals surface area contributed by atoms with Crippen molar-refractivity contribution in [2.45, 2.75) is 19.3 Å². The first-order chi connectivity index (χ1) is 19.5. The van der Waals surface area contributed by atoms with Gasteiger partial charge in [0.25, 0.3) is 0 Å². The third kappa shape index (κ3) is 3.03. The Hall–Kier alpha value is -4.39. The van der Waals surface area contributed by atoms with Crippen LogP contribution >= 0.6 is 7.14 Å². The number of fused-ring (bicyclic) bond motifs is 4. The molecule has 0 fully saturated rings. The van der Waals surface area contributed by atoms with Gasteiger partial charge in [-0.3, -0.25) is 0 Å². The minimum absolute atomic E-state index is 0.316. The summed E-state index contributed by atoms with van der Waals surface area (Å²) in [7, 11) is -3.07. The number of rotatable bonds is 2. The molecule has 0 radical (unpaired) electrons. The lowest BCUT2D eigenvalue weighted by Crippen LogP contribution is -2.42. The minimum Gasteiger partial charge on any atom is -0.309 e. The molecule has 2 aliphatic rings. The van der Waals surface area contributed by atoms with E-state index in [4.69, 9.17) is 0 Å². The molecule has 1 atom stereocenters. The summed E-state index contributed by atoms with van der Waals surface area (Å²) in [4.78, 5) is 2.38. The molecule has 6 aromatic carbocycles. The standard InChI is InChI=1S/C37H28NOP/c1-37(2)30-18-7-9-21-34(30)40(39,27-14-4-3-5-15-27)35-23-22-26(24-31(35)37)38-32-19-8-6-16-28(32)29-17-10-12-25-13-11-20-33(38)36(25)29/h3-24H,1-2H3. The molecule has 40 heavy (non-hydrogen) atoms. The molecule has 2 aliphatic heterocycles. The van der Waals surface area contributed by atoms with Crippen molar-refractivity contribution in [1.29, 1.82) is 0 Å². The molecule has 0 aliphatic carbocycles. The van der Waals surface area contributed by atoms with Crippen molar-refractivity contribution in [3.63, 3.8) is 0 Å². The molecule has 3 heteroatoms.